The highest BCUT2D eigenvalue weighted by molar-refractivity contribution is 7.99. The van der Waals surface area contributed by atoms with E-state index in [1.807, 2.05) is 30.0 Å². The van der Waals surface area contributed by atoms with Crippen LogP contribution in [0.25, 0.3) is 0 Å². The van der Waals surface area contributed by atoms with Crippen LogP contribution in [0.3, 0.4) is 0 Å². The molecule has 0 heterocycles. The van der Waals surface area contributed by atoms with Crippen LogP contribution >= 0.6 is 23.4 Å². The van der Waals surface area contributed by atoms with Crippen LogP contribution in [-0.2, 0) is 6.42 Å². The molecular formula is C13H20ClNOS. The average Bonchev–Trinajstić information content (AvgIpc) is 2.33. The van der Waals surface area contributed by atoms with Crippen molar-refractivity contribution in [2.75, 3.05) is 31.2 Å². The first-order valence-corrected chi connectivity index (χ1v) is 7.50. The minimum Gasteiger partial charge on any atom is -0.396 e. The van der Waals surface area contributed by atoms with Crippen LogP contribution in [0.5, 0.6) is 0 Å². The SMILES string of the molecule is OCCCSCCNCCc1cccc(Cl)c1. The topological polar surface area (TPSA) is 32.3 Å². The predicted molar refractivity (Wildman–Crippen MR) is 77.1 cm³/mol. The number of aliphatic hydroxyl groups excluding tert-OH is 1. The zero-order valence-corrected chi connectivity index (χ0v) is 11.6. The Morgan fingerprint density at radius 2 is 2.12 bits per heavy atom. The van der Waals surface area contributed by atoms with Crippen LogP contribution in [0.4, 0.5) is 0 Å². The highest BCUT2D eigenvalue weighted by Crippen LogP contribution is 2.10. The van der Waals surface area contributed by atoms with E-state index in [4.69, 9.17) is 16.7 Å². The van der Waals surface area contributed by atoms with Gasteiger partial charge in [0, 0.05) is 23.9 Å². The van der Waals surface area contributed by atoms with Crippen molar-refractivity contribution >= 4 is 23.4 Å². The van der Waals surface area contributed by atoms with Gasteiger partial charge in [-0.1, -0.05) is 23.7 Å². The maximum Gasteiger partial charge on any atom is 0.0438 e. The van der Waals surface area contributed by atoms with E-state index in [0.29, 0.717) is 6.61 Å². The number of aliphatic hydroxyl groups is 1. The van der Waals surface area contributed by atoms with Gasteiger partial charge in [0.2, 0.25) is 0 Å². The minimum absolute atomic E-state index is 0.301. The van der Waals surface area contributed by atoms with Crippen molar-refractivity contribution in [3.63, 3.8) is 0 Å². The van der Waals surface area contributed by atoms with Gasteiger partial charge < -0.3 is 10.4 Å². The van der Waals surface area contributed by atoms with Gasteiger partial charge in [0.05, 0.1) is 0 Å². The van der Waals surface area contributed by atoms with E-state index in [1.165, 1.54) is 5.56 Å². The normalized spacial score (nSPS) is 10.7. The molecule has 17 heavy (non-hydrogen) atoms. The molecule has 2 N–H and O–H groups in total. The molecule has 0 amide bonds. The monoisotopic (exact) mass is 273 g/mol. The van der Waals surface area contributed by atoms with Crippen molar-refractivity contribution in [1.29, 1.82) is 0 Å². The maximum absolute atomic E-state index is 8.62. The lowest BCUT2D eigenvalue weighted by Crippen LogP contribution is -2.20. The van der Waals surface area contributed by atoms with Crippen molar-refractivity contribution in [3.05, 3.63) is 34.9 Å². The molecule has 2 nitrogen and oxygen atoms in total. The molecule has 0 saturated heterocycles. The van der Waals surface area contributed by atoms with Gasteiger partial charge in [-0.05, 0) is 42.8 Å². The van der Waals surface area contributed by atoms with Gasteiger partial charge in [0.25, 0.3) is 0 Å². The van der Waals surface area contributed by atoms with Crippen LogP contribution in [-0.4, -0.2) is 36.3 Å². The first-order valence-electron chi connectivity index (χ1n) is 5.96. The molecule has 0 aromatic heterocycles. The fraction of sp³-hybridized carbons (Fsp3) is 0.538. The summed E-state index contributed by atoms with van der Waals surface area (Å²) < 4.78 is 0. The van der Waals surface area contributed by atoms with Crippen LogP contribution < -0.4 is 5.32 Å². The van der Waals surface area contributed by atoms with Crippen molar-refractivity contribution < 1.29 is 5.11 Å². The molecule has 1 aromatic rings. The molecule has 0 fully saturated rings. The van der Waals surface area contributed by atoms with E-state index >= 15 is 0 Å². The Kier molecular flexibility index (Phi) is 8.53. The number of hydrogen-bond donors (Lipinski definition) is 2. The third-order valence-electron chi connectivity index (χ3n) is 2.35. The Morgan fingerprint density at radius 1 is 1.24 bits per heavy atom. The summed E-state index contributed by atoms with van der Waals surface area (Å²) in [5.74, 6) is 2.15. The summed E-state index contributed by atoms with van der Waals surface area (Å²) in [6.45, 7) is 2.31. The van der Waals surface area contributed by atoms with E-state index in [9.17, 15) is 0 Å². The summed E-state index contributed by atoms with van der Waals surface area (Å²) in [4.78, 5) is 0. The third-order valence-corrected chi connectivity index (χ3v) is 3.65. The number of hydrogen-bond acceptors (Lipinski definition) is 3. The number of nitrogens with one attached hydrogen (secondary N) is 1. The predicted octanol–water partition coefficient (Wildman–Crippen LogP) is 2.59. The molecule has 0 aliphatic carbocycles. The van der Waals surface area contributed by atoms with Gasteiger partial charge in [-0.3, -0.25) is 0 Å². The standard InChI is InChI=1S/C13H20ClNOS/c14-13-4-1-3-12(11-13)5-6-15-7-10-17-9-2-8-16/h1,3-4,11,15-16H,2,5-10H2. The number of thioether (sulfide) groups is 1. The highest BCUT2D eigenvalue weighted by atomic mass is 35.5. The zero-order valence-electron chi connectivity index (χ0n) is 9.99. The first kappa shape index (κ1) is 14.8. The van der Waals surface area contributed by atoms with Crippen LogP contribution in [0.1, 0.15) is 12.0 Å². The maximum atomic E-state index is 8.62. The summed E-state index contributed by atoms with van der Waals surface area (Å²) in [7, 11) is 0. The van der Waals surface area contributed by atoms with Gasteiger partial charge in [-0.25, -0.2) is 0 Å². The largest absolute Gasteiger partial charge is 0.396 e. The molecule has 0 radical (unpaired) electrons. The second-order valence-corrected chi connectivity index (χ2v) is 5.48. The summed E-state index contributed by atoms with van der Waals surface area (Å²) in [5, 5.41) is 12.8. The Morgan fingerprint density at radius 3 is 2.88 bits per heavy atom. The van der Waals surface area contributed by atoms with Crippen molar-refractivity contribution in [2.24, 2.45) is 0 Å². The quantitative estimate of drug-likeness (QED) is 0.679. The van der Waals surface area contributed by atoms with E-state index < -0.39 is 0 Å². The van der Waals surface area contributed by atoms with Gasteiger partial charge in [-0.15, -0.1) is 0 Å². The number of benzene rings is 1. The zero-order chi connectivity index (χ0) is 12.3. The second kappa shape index (κ2) is 9.77. The fourth-order valence-corrected chi connectivity index (χ4v) is 2.50. The molecule has 1 aromatic carbocycles. The van der Waals surface area contributed by atoms with Crippen LogP contribution in [0, 0.1) is 0 Å². The summed E-state index contributed by atoms with van der Waals surface area (Å²) in [6, 6.07) is 8.00. The van der Waals surface area contributed by atoms with E-state index in [1.54, 1.807) is 0 Å². The van der Waals surface area contributed by atoms with Crippen molar-refractivity contribution in [1.82, 2.24) is 5.32 Å². The molecule has 0 bridgehead atoms. The fourth-order valence-electron chi connectivity index (χ4n) is 1.46. The average molecular weight is 274 g/mol. The lowest BCUT2D eigenvalue weighted by atomic mass is 10.1. The first-order chi connectivity index (χ1) is 8.33. The van der Waals surface area contributed by atoms with E-state index in [-0.39, 0.29) is 0 Å². The van der Waals surface area contributed by atoms with Crippen molar-refractivity contribution in [2.45, 2.75) is 12.8 Å². The highest BCUT2D eigenvalue weighted by Gasteiger charge is 1.94. The molecular weight excluding hydrogens is 254 g/mol. The molecule has 0 atom stereocenters. The smallest absolute Gasteiger partial charge is 0.0438 e. The van der Waals surface area contributed by atoms with Gasteiger partial charge in [-0.2, -0.15) is 11.8 Å². The molecule has 1 rings (SSSR count). The summed E-state index contributed by atoms with van der Waals surface area (Å²) >= 11 is 7.79. The minimum atomic E-state index is 0.301. The van der Waals surface area contributed by atoms with Crippen molar-refractivity contribution in [3.8, 4) is 0 Å². The van der Waals surface area contributed by atoms with Gasteiger partial charge >= 0.3 is 0 Å². The third kappa shape index (κ3) is 7.66. The van der Waals surface area contributed by atoms with Crippen LogP contribution in [0.15, 0.2) is 24.3 Å². The lowest BCUT2D eigenvalue weighted by molar-refractivity contribution is 0.296. The second-order valence-electron chi connectivity index (χ2n) is 3.82. The van der Waals surface area contributed by atoms with E-state index in [2.05, 4.69) is 11.4 Å². The molecule has 96 valence electrons. The Labute approximate surface area is 113 Å². The van der Waals surface area contributed by atoms with Crippen LogP contribution in [0.2, 0.25) is 5.02 Å². The molecule has 0 saturated carbocycles. The molecule has 4 heteroatoms. The lowest BCUT2D eigenvalue weighted by Gasteiger charge is -2.05. The number of rotatable bonds is 9. The van der Waals surface area contributed by atoms with E-state index in [0.717, 1.165) is 42.5 Å². The van der Waals surface area contributed by atoms with Gasteiger partial charge in [0.15, 0.2) is 0 Å². The Balaban J connectivity index is 1.97. The summed E-state index contributed by atoms with van der Waals surface area (Å²) in [5.41, 5.74) is 1.28. The number of halogens is 1. The molecule has 0 unspecified atom stereocenters. The summed E-state index contributed by atoms with van der Waals surface area (Å²) in [6.07, 6.45) is 1.91. The molecule has 0 spiro atoms. The molecule has 0 aliphatic heterocycles. The van der Waals surface area contributed by atoms with Gasteiger partial charge in [0.1, 0.15) is 0 Å². The molecule has 0 aliphatic rings. The Bertz CT molecular complexity index is 309. The Hall–Kier alpha value is -0.220.